The maximum absolute atomic E-state index is 14.5. The fraction of sp³-hybridized carbons (Fsp3) is 0.500. The maximum atomic E-state index is 14.5. The van der Waals surface area contributed by atoms with Crippen LogP contribution in [0.2, 0.25) is 0 Å². The van der Waals surface area contributed by atoms with Gasteiger partial charge in [0, 0.05) is 54.3 Å². The van der Waals surface area contributed by atoms with Crippen molar-refractivity contribution >= 4 is 28.1 Å². The summed E-state index contributed by atoms with van der Waals surface area (Å²) in [5, 5.41) is 6.69. The molecule has 2 aliphatic heterocycles. The van der Waals surface area contributed by atoms with Gasteiger partial charge >= 0.3 is 0 Å². The van der Waals surface area contributed by atoms with Gasteiger partial charge in [-0.25, -0.2) is 4.39 Å². The Morgan fingerprint density at radius 1 is 1.46 bits per heavy atom. The Morgan fingerprint density at radius 3 is 2.88 bits per heavy atom. The van der Waals surface area contributed by atoms with E-state index in [0.717, 1.165) is 0 Å². The summed E-state index contributed by atoms with van der Waals surface area (Å²) in [5.74, 6) is 0.720. The molecular formula is C16H20FN3O3S. The molecule has 3 rings (SSSR count). The Balaban J connectivity index is 1.65. The number of carbonyl (C=O) groups excluding carboxylic acids is 1. The molecule has 2 heterocycles. The molecule has 1 fully saturated rings. The van der Waals surface area contributed by atoms with Gasteiger partial charge < -0.3 is 15.1 Å². The zero-order valence-corrected chi connectivity index (χ0v) is 14.3. The highest BCUT2D eigenvalue weighted by molar-refractivity contribution is 7.85. The topological polar surface area (TPSA) is 71.0 Å². The predicted molar refractivity (Wildman–Crippen MR) is 91.2 cm³/mol. The molecule has 1 aromatic carbocycles. The number of amides is 1. The Hall–Kier alpha value is -1.96. The summed E-state index contributed by atoms with van der Waals surface area (Å²) in [5.41, 5.74) is 1.89. The van der Waals surface area contributed by atoms with Crippen LogP contribution in [-0.4, -0.2) is 53.1 Å². The van der Waals surface area contributed by atoms with E-state index in [1.54, 1.807) is 6.07 Å². The number of anilines is 1. The molecule has 130 valence electrons. The molecule has 0 radical (unpaired) electrons. The van der Waals surface area contributed by atoms with E-state index in [1.165, 1.54) is 13.0 Å². The van der Waals surface area contributed by atoms with E-state index in [9.17, 15) is 13.4 Å². The molecule has 0 bridgehead atoms. The molecule has 1 atom stereocenters. The lowest BCUT2D eigenvalue weighted by atomic mass is 10.0. The normalized spacial score (nSPS) is 21.3. The minimum atomic E-state index is -0.787. The van der Waals surface area contributed by atoms with Crippen molar-refractivity contribution < 1.29 is 18.2 Å². The molecule has 1 unspecified atom stereocenters. The van der Waals surface area contributed by atoms with Crippen molar-refractivity contribution in [3.05, 3.63) is 29.6 Å². The van der Waals surface area contributed by atoms with Crippen molar-refractivity contribution in [2.45, 2.75) is 19.4 Å². The number of nitrogens with one attached hydrogen (secondary N) is 1. The zero-order valence-electron chi connectivity index (χ0n) is 13.5. The van der Waals surface area contributed by atoms with E-state index in [1.807, 2.05) is 11.0 Å². The van der Waals surface area contributed by atoms with Crippen LogP contribution >= 0.6 is 0 Å². The summed E-state index contributed by atoms with van der Waals surface area (Å²) in [6, 6.07) is 5.03. The van der Waals surface area contributed by atoms with Crippen LogP contribution in [0.25, 0.3) is 0 Å². The first-order chi connectivity index (χ1) is 11.5. The van der Waals surface area contributed by atoms with Crippen LogP contribution in [0.15, 0.2) is 23.4 Å². The van der Waals surface area contributed by atoms with Crippen molar-refractivity contribution in [2.75, 3.05) is 36.0 Å². The van der Waals surface area contributed by atoms with Crippen LogP contribution in [0.5, 0.6) is 0 Å². The molecule has 1 aromatic rings. The van der Waals surface area contributed by atoms with Gasteiger partial charge in [0.25, 0.3) is 0 Å². The van der Waals surface area contributed by atoms with Gasteiger partial charge in [-0.15, -0.1) is 0 Å². The molecule has 24 heavy (non-hydrogen) atoms. The third-order valence-electron chi connectivity index (χ3n) is 4.11. The molecule has 6 nitrogen and oxygen atoms in total. The largest absolute Gasteiger partial charge is 0.390 e. The van der Waals surface area contributed by atoms with Crippen LogP contribution in [0, 0.1) is 5.82 Å². The van der Waals surface area contributed by atoms with Gasteiger partial charge in [-0.05, 0) is 12.1 Å². The average Bonchev–Trinajstić information content (AvgIpc) is 3.03. The molecule has 0 aromatic heterocycles. The average molecular weight is 353 g/mol. The quantitative estimate of drug-likeness (QED) is 0.877. The fourth-order valence-electron chi connectivity index (χ4n) is 2.79. The van der Waals surface area contributed by atoms with Gasteiger partial charge in [-0.3, -0.25) is 9.00 Å². The predicted octanol–water partition coefficient (Wildman–Crippen LogP) is 1.02. The van der Waals surface area contributed by atoms with Gasteiger partial charge in [0.1, 0.15) is 11.9 Å². The van der Waals surface area contributed by atoms with Crippen molar-refractivity contribution in [3.63, 3.8) is 0 Å². The Morgan fingerprint density at radius 2 is 2.21 bits per heavy atom. The number of oxime groups is 1. The molecule has 2 aliphatic rings. The maximum Gasteiger partial charge on any atom is 0.217 e. The molecular weight excluding hydrogens is 333 g/mol. The Labute approximate surface area is 142 Å². The molecule has 0 aliphatic carbocycles. The summed E-state index contributed by atoms with van der Waals surface area (Å²) in [4.78, 5) is 18.1. The van der Waals surface area contributed by atoms with E-state index in [0.29, 0.717) is 54.5 Å². The zero-order chi connectivity index (χ0) is 17.1. The molecule has 0 spiro atoms. The van der Waals surface area contributed by atoms with E-state index in [4.69, 9.17) is 4.84 Å². The number of hydrogen-bond donors (Lipinski definition) is 1. The number of hydrogen-bond acceptors (Lipinski definition) is 5. The number of benzene rings is 1. The lowest BCUT2D eigenvalue weighted by Crippen LogP contribution is -2.38. The number of carbonyl (C=O) groups is 1. The highest BCUT2D eigenvalue weighted by Crippen LogP contribution is 2.24. The Bertz CT molecular complexity index is 685. The second-order valence-electron chi connectivity index (χ2n) is 5.91. The summed E-state index contributed by atoms with van der Waals surface area (Å²) in [7, 11) is -0.787. The van der Waals surface area contributed by atoms with Crippen LogP contribution in [0.4, 0.5) is 10.1 Å². The molecule has 1 N–H and O–H groups in total. The van der Waals surface area contributed by atoms with Crippen molar-refractivity contribution in [2.24, 2.45) is 5.16 Å². The number of rotatable bonds is 4. The smallest absolute Gasteiger partial charge is 0.217 e. The van der Waals surface area contributed by atoms with E-state index >= 15 is 0 Å². The fourth-order valence-corrected chi connectivity index (χ4v) is 3.84. The Kier molecular flexibility index (Phi) is 5.13. The minimum absolute atomic E-state index is 0.120. The van der Waals surface area contributed by atoms with E-state index < -0.39 is 10.8 Å². The number of halogens is 1. The van der Waals surface area contributed by atoms with Crippen molar-refractivity contribution in [1.82, 2.24) is 5.32 Å². The highest BCUT2D eigenvalue weighted by atomic mass is 32.2. The highest BCUT2D eigenvalue weighted by Gasteiger charge is 2.24. The van der Waals surface area contributed by atoms with Gasteiger partial charge in [0.2, 0.25) is 5.91 Å². The minimum Gasteiger partial charge on any atom is -0.390 e. The lowest BCUT2D eigenvalue weighted by Gasteiger charge is -2.28. The van der Waals surface area contributed by atoms with Gasteiger partial charge in [-0.2, -0.15) is 0 Å². The van der Waals surface area contributed by atoms with Crippen LogP contribution in [0.3, 0.4) is 0 Å². The first-order valence-corrected chi connectivity index (χ1v) is 9.38. The summed E-state index contributed by atoms with van der Waals surface area (Å²) >= 11 is 0. The van der Waals surface area contributed by atoms with Crippen LogP contribution in [0.1, 0.15) is 18.9 Å². The summed E-state index contributed by atoms with van der Waals surface area (Å²) in [6.07, 6.45) is 0.311. The molecule has 8 heteroatoms. The van der Waals surface area contributed by atoms with Gasteiger partial charge in [-0.1, -0.05) is 11.2 Å². The van der Waals surface area contributed by atoms with E-state index in [-0.39, 0.29) is 17.8 Å². The van der Waals surface area contributed by atoms with Gasteiger partial charge in [0.05, 0.1) is 17.9 Å². The van der Waals surface area contributed by atoms with Crippen molar-refractivity contribution in [3.8, 4) is 0 Å². The summed E-state index contributed by atoms with van der Waals surface area (Å²) in [6.45, 7) is 3.03. The first-order valence-electron chi connectivity index (χ1n) is 7.90. The molecule has 1 amide bonds. The van der Waals surface area contributed by atoms with Gasteiger partial charge in [0.15, 0.2) is 0 Å². The molecule has 1 saturated heterocycles. The standard InChI is InChI=1S/C16H20FN3O3S/c1-11(21)18-10-13-9-15(19-23-13)12-2-3-16(14(17)8-12)20-4-6-24(22)7-5-20/h2-3,8,13H,4-7,9-10H2,1H3,(H,18,21). The molecule has 0 saturated carbocycles. The van der Waals surface area contributed by atoms with E-state index in [2.05, 4.69) is 10.5 Å². The second kappa shape index (κ2) is 7.29. The third-order valence-corrected chi connectivity index (χ3v) is 5.39. The van der Waals surface area contributed by atoms with Crippen LogP contribution < -0.4 is 10.2 Å². The summed E-state index contributed by atoms with van der Waals surface area (Å²) < 4.78 is 25.9. The first kappa shape index (κ1) is 16.9. The van der Waals surface area contributed by atoms with Crippen LogP contribution in [-0.2, 0) is 20.4 Å². The third kappa shape index (κ3) is 3.92. The van der Waals surface area contributed by atoms with Crippen molar-refractivity contribution in [1.29, 1.82) is 0 Å². The monoisotopic (exact) mass is 353 g/mol. The SMILES string of the molecule is CC(=O)NCC1CC(c2ccc(N3CCS(=O)CC3)c(F)c2)=NO1. The second-order valence-corrected chi connectivity index (χ2v) is 7.60. The number of nitrogens with zero attached hydrogens (tertiary/aromatic N) is 2. The lowest BCUT2D eigenvalue weighted by molar-refractivity contribution is -0.119.